The summed E-state index contributed by atoms with van der Waals surface area (Å²) >= 11 is 0. The zero-order chi connectivity index (χ0) is 13.1. The van der Waals surface area contributed by atoms with E-state index in [1.807, 2.05) is 6.07 Å². The standard InChI is InChI=1S/C15H10O3/c1-2-11-12(15(17)18)8-9-13(16)14(11)10-6-4-3-5-7-10/h1,3-9,16H,(H,17,18). The average Bonchev–Trinajstić information content (AvgIpc) is 2.38. The Morgan fingerprint density at radius 3 is 2.33 bits per heavy atom. The molecule has 0 atom stereocenters. The fourth-order valence-corrected chi connectivity index (χ4v) is 1.82. The lowest BCUT2D eigenvalue weighted by Gasteiger charge is -2.10. The monoisotopic (exact) mass is 238 g/mol. The van der Waals surface area contributed by atoms with Crippen molar-refractivity contribution in [2.75, 3.05) is 0 Å². The van der Waals surface area contributed by atoms with Crippen molar-refractivity contribution >= 4 is 5.97 Å². The smallest absolute Gasteiger partial charge is 0.336 e. The number of phenolic OH excluding ortho intramolecular Hbond substituents is 1. The molecule has 2 rings (SSSR count). The van der Waals surface area contributed by atoms with Gasteiger partial charge in [-0.1, -0.05) is 36.3 Å². The zero-order valence-corrected chi connectivity index (χ0v) is 9.42. The minimum Gasteiger partial charge on any atom is -0.507 e. The molecule has 18 heavy (non-hydrogen) atoms. The summed E-state index contributed by atoms with van der Waals surface area (Å²) in [5, 5.41) is 19.0. The maximum atomic E-state index is 11.1. The van der Waals surface area contributed by atoms with Crippen LogP contribution in [-0.2, 0) is 0 Å². The fourth-order valence-electron chi connectivity index (χ4n) is 1.82. The van der Waals surface area contributed by atoms with Crippen LogP contribution >= 0.6 is 0 Å². The molecule has 0 aliphatic heterocycles. The minimum atomic E-state index is -1.11. The first kappa shape index (κ1) is 11.7. The van der Waals surface area contributed by atoms with Gasteiger partial charge in [0.2, 0.25) is 0 Å². The predicted octanol–water partition coefficient (Wildman–Crippen LogP) is 2.74. The van der Waals surface area contributed by atoms with Crippen LogP contribution < -0.4 is 0 Å². The van der Waals surface area contributed by atoms with E-state index in [2.05, 4.69) is 5.92 Å². The zero-order valence-electron chi connectivity index (χ0n) is 9.42. The number of hydrogen-bond donors (Lipinski definition) is 2. The van der Waals surface area contributed by atoms with Gasteiger partial charge in [-0.3, -0.25) is 0 Å². The van der Waals surface area contributed by atoms with Crippen LogP contribution in [-0.4, -0.2) is 16.2 Å². The number of carboxylic acid groups (broad SMARTS) is 1. The van der Waals surface area contributed by atoms with Crippen LogP contribution in [0.25, 0.3) is 11.1 Å². The summed E-state index contributed by atoms with van der Waals surface area (Å²) < 4.78 is 0. The predicted molar refractivity (Wildman–Crippen MR) is 68.4 cm³/mol. The Morgan fingerprint density at radius 2 is 1.78 bits per heavy atom. The quantitative estimate of drug-likeness (QED) is 0.791. The van der Waals surface area contributed by atoms with E-state index < -0.39 is 5.97 Å². The molecule has 3 nitrogen and oxygen atoms in total. The van der Waals surface area contributed by atoms with Gasteiger partial charge >= 0.3 is 5.97 Å². The van der Waals surface area contributed by atoms with Gasteiger partial charge in [-0.15, -0.1) is 6.42 Å². The highest BCUT2D eigenvalue weighted by molar-refractivity contribution is 5.95. The van der Waals surface area contributed by atoms with Gasteiger partial charge in [0.05, 0.1) is 11.1 Å². The maximum Gasteiger partial charge on any atom is 0.336 e. The van der Waals surface area contributed by atoms with Gasteiger partial charge in [-0.2, -0.15) is 0 Å². The van der Waals surface area contributed by atoms with Crippen LogP contribution in [0.3, 0.4) is 0 Å². The molecule has 0 radical (unpaired) electrons. The van der Waals surface area contributed by atoms with E-state index in [9.17, 15) is 9.90 Å². The largest absolute Gasteiger partial charge is 0.507 e. The van der Waals surface area contributed by atoms with Crippen LogP contribution in [0, 0.1) is 12.3 Å². The summed E-state index contributed by atoms with van der Waals surface area (Å²) in [4.78, 5) is 11.1. The number of phenols is 1. The number of rotatable bonds is 2. The van der Waals surface area contributed by atoms with E-state index in [1.54, 1.807) is 24.3 Å². The Bertz CT molecular complexity index is 637. The summed E-state index contributed by atoms with van der Waals surface area (Å²) in [5.41, 5.74) is 1.26. The molecule has 2 aromatic rings. The highest BCUT2D eigenvalue weighted by Crippen LogP contribution is 2.34. The molecule has 0 aliphatic carbocycles. The summed E-state index contributed by atoms with van der Waals surface area (Å²) in [6.07, 6.45) is 5.37. The van der Waals surface area contributed by atoms with Crippen molar-refractivity contribution in [1.29, 1.82) is 0 Å². The Balaban J connectivity index is 2.78. The summed E-state index contributed by atoms with van der Waals surface area (Å²) in [5.74, 6) is 1.20. The number of hydrogen-bond acceptors (Lipinski definition) is 2. The Kier molecular flexibility index (Phi) is 3.03. The molecule has 0 heterocycles. The molecule has 2 N–H and O–H groups in total. The molecule has 0 unspecified atom stereocenters. The van der Waals surface area contributed by atoms with E-state index in [-0.39, 0.29) is 16.9 Å². The molecular formula is C15H10O3. The van der Waals surface area contributed by atoms with Gasteiger partial charge in [0.15, 0.2) is 0 Å². The summed E-state index contributed by atoms with van der Waals surface area (Å²) in [6, 6.07) is 11.6. The first-order valence-electron chi connectivity index (χ1n) is 5.26. The number of benzene rings is 2. The molecule has 0 aliphatic rings. The second kappa shape index (κ2) is 4.64. The van der Waals surface area contributed by atoms with Crippen molar-refractivity contribution in [3.8, 4) is 29.2 Å². The van der Waals surface area contributed by atoms with E-state index in [4.69, 9.17) is 11.5 Å². The third kappa shape index (κ3) is 1.92. The van der Waals surface area contributed by atoms with Gasteiger partial charge in [0.1, 0.15) is 5.75 Å². The second-order valence-corrected chi connectivity index (χ2v) is 3.70. The lowest BCUT2D eigenvalue weighted by atomic mass is 9.95. The maximum absolute atomic E-state index is 11.1. The lowest BCUT2D eigenvalue weighted by Crippen LogP contribution is -2.01. The Hall–Kier alpha value is -2.73. The van der Waals surface area contributed by atoms with Crippen molar-refractivity contribution in [2.45, 2.75) is 0 Å². The Labute approximate surface area is 104 Å². The van der Waals surface area contributed by atoms with E-state index in [1.165, 1.54) is 12.1 Å². The summed E-state index contributed by atoms with van der Waals surface area (Å²) in [6.45, 7) is 0. The molecule has 0 amide bonds. The van der Waals surface area contributed by atoms with Gasteiger partial charge in [0, 0.05) is 5.56 Å². The molecule has 0 spiro atoms. The van der Waals surface area contributed by atoms with Crippen LogP contribution in [0.1, 0.15) is 15.9 Å². The molecule has 0 bridgehead atoms. The first-order valence-corrected chi connectivity index (χ1v) is 5.26. The van der Waals surface area contributed by atoms with E-state index in [0.29, 0.717) is 11.1 Å². The van der Waals surface area contributed by atoms with E-state index >= 15 is 0 Å². The third-order valence-corrected chi connectivity index (χ3v) is 2.62. The van der Waals surface area contributed by atoms with Crippen LogP contribution in [0.15, 0.2) is 42.5 Å². The van der Waals surface area contributed by atoms with Gasteiger partial charge in [-0.25, -0.2) is 4.79 Å². The molecule has 0 saturated carbocycles. The van der Waals surface area contributed by atoms with Crippen molar-refractivity contribution in [2.24, 2.45) is 0 Å². The minimum absolute atomic E-state index is 0.00848. The third-order valence-electron chi connectivity index (χ3n) is 2.62. The molecule has 0 saturated heterocycles. The second-order valence-electron chi connectivity index (χ2n) is 3.70. The number of terminal acetylenes is 1. The molecule has 0 aromatic heterocycles. The van der Waals surface area contributed by atoms with E-state index in [0.717, 1.165) is 0 Å². The van der Waals surface area contributed by atoms with Crippen LogP contribution in [0.2, 0.25) is 0 Å². The number of carbonyl (C=O) groups is 1. The molecule has 0 fully saturated rings. The normalized spacial score (nSPS) is 9.72. The molecule has 88 valence electrons. The number of aromatic carboxylic acids is 1. The van der Waals surface area contributed by atoms with Crippen LogP contribution in [0.5, 0.6) is 5.75 Å². The number of aromatic hydroxyl groups is 1. The van der Waals surface area contributed by atoms with Crippen molar-refractivity contribution in [1.82, 2.24) is 0 Å². The fraction of sp³-hybridized carbons (Fsp3) is 0. The van der Waals surface area contributed by atoms with Crippen LogP contribution in [0.4, 0.5) is 0 Å². The molecular weight excluding hydrogens is 228 g/mol. The molecule has 3 heteroatoms. The van der Waals surface area contributed by atoms with Crippen molar-refractivity contribution in [3.05, 3.63) is 53.6 Å². The van der Waals surface area contributed by atoms with Gasteiger partial charge in [0.25, 0.3) is 0 Å². The highest BCUT2D eigenvalue weighted by atomic mass is 16.4. The topological polar surface area (TPSA) is 57.5 Å². The Morgan fingerprint density at radius 1 is 1.11 bits per heavy atom. The lowest BCUT2D eigenvalue weighted by molar-refractivity contribution is 0.0696. The van der Waals surface area contributed by atoms with Crippen molar-refractivity contribution in [3.63, 3.8) is 0 Å². The van der Waals surface area contributed by atoms with Gasteiger partial charge < -0.3 is 10.2 Å². The summed E-state index contributed by atoms with van der Waals surface area (Å²) in [7, 11) is 0. The average molecular weight is 238 g/mol. The SMILES string of the molecule is C#Cc1c(C(=O)O)ccc(O)c1-c1ccccc1. The van der Waals surface area contributed by atoms with Crippen molar-refractivity contribution < 1.29 is 15.0 Å². The highest BCUT2D eigenvalue weighted by Gasteiger charge is 2.17. The number of carboxylic acids is 1. The first-order chi connectivity index (χ1) is 8.65. The van der Waals surface area contributed by atoms with Gasteiger partial charge in [-0.05, 0) is 17.7 Å². The molecule has 2 aromatic carbocycles.